The first-order valence-electron chi connectivity index (χ1n) is 7.90. The summed E-state index contributed by atoms with van der Waals surface area (Å²) in [6.07, 6.45) is 3.43. The molecule has 0 bridgehead atoms. The number of carbonyl (C=O) groups excluding carboxylic acids is 1. The maximum Gasteiger partial charge on any atom is 0.257 e. The third kappa shape index (κ3) is 3.00. The summed E-state index contributed by atoms with van der Waals surface area (Å²) in [5.41, 5.74) is 1.89. The number of rotatable bonds is 4. The van der Waals surface area contributed by atoms with Gasteiger partial charge in [0, 0.05) is 11.8 Å². The minimum absolute atomic E-state index is 0.136. The van der Waals surface area contributed by atoms with Gasteiger partial charge < -0.3 is 9.47 Å². The molecule has 0 spiro atoms. The highest BCUT2D eigenvalue weighted by Crippen LogP contribution is 2.35. The number of aromatic nitrogens is 4. The quantitative estimate of drug-likeness (QED) is 0.749. The summed E-state index contributed by atoms with van der Waals surface area (Å²) in [6.45, 7) is 0.136. The highest BCUT2D eigenvalue weighted by Gasteiger charge is 2.21. The molecule has 0 saturated carbocycles. The number of H-pyrrole nitrogens is 1. The Kier molecular flexibility index (Phi) is 4.06. The Bertz CT molecular complexity index is 982. The van der Waals surface area contributed by atoms with Crippen LogP contribution in [0.3, 0.4) is 0 Å². The molecule has 0 fully saturated rings. The van der Waals surface area contributed by atoms with E-state index in [1.165, 1.54) is 0 Å². The molecule has 4 rings (SSSR count). The molecule has 2 aromatic heterocycles. The van der Waals surface area contributed by atoms with Crippen LogP contribution in [0.1, 0.15) is 5.56 Å². The predicted octanol–water partition coefficient (Wildman–Crippen LogP) is 2.29. The van der Waals surface area contributed by atoms with E-state index in [-0.39, 0.29) is 18.5 Å². The van der Waals surface area contributed by atoms with Gasteiger partial charge in [-0.05, 0) is 24.3 Å². The average Bonchev–Trinajstić information content (AvgIpc) is 3.16. The van der Waals surface area contributed by atoms with Gasteiger partial charge >= 0.3 is 0 Å². The molecule has 0 saturated heterocycles. The van der Waals surface area contributed by atoms with Crippen molar-refractivity contribution in [2.45, 2.75) is 0 Å². The van der Waals surface area contributed by atoms with Crippen LogP contribution >= 0.6 is 0 Å². The zero-order chi connectivity index (χ0) is 17.9. The van der Waals surface area contributed by atoms with E-state index >= 15 is 0 Å². The van der Waals surface area contributed by atoms with Crippen LogP contribution in [-0.2, 0) is 4.79 Å². The van der Waals surface area contributed by atoms with E-state index in [4.69, 9.17) is 9.47 Å². The van der Waals surface area contributed by atoms with Gasteiger partial charge in [0.1, 0.15) is 12.3 Å². The lowest BCUT2D eigenvalue weighted by Crippen LogP contribution is -2.22. The minimum atomic E-state index is -0.329. The summed E-state index contributed by atoms with van der Waals surface area (Å²) in [5, 5.41) is 9.42. The SMILES string of the molecule is COc1cccc2c1OCC(C(=O)Nc1n[nH]c(-c3ccccn3)n1)=C2. The van der Waals surface area contributed by atoms with E-state index in [2.05, 4.69) is 25.5 Å². The van der Waals surface area contributed by atoms with Crippen molar-refractivity contribution >= 4 is 17.9 Å². The molecule has 130 valence electrons. The lowest BCUT2D eigenvalue weighted by molar-refractivity contribution is -0.113. The second-order valence-electron chi connectivity index (χ2n) is 5.51. The highest BCUT2D eigenvalue weighted by molar-refractivity contribution is 6.06. The summed E-state index contributed by atoms with van der Waals surface area (Å²) in [7, 11) is 1.58. The van der Waals surface area contributed by atoms with Crippen molar-refractivity contribution in [3.05, 3.63) is 53.7 Å². The number of amides is 1. The maximum absolute atomic E-state index is 12.5. The van der Waals surface area contributed by atoms with E-state index in [0.29, 0.717) is 28.6 Å². The number of methoxy groups -OCH3 is 1. The van der Waals surface area contributed by atoms with Gasteiger partial charge in [-0.1, -0.05) is 18.2 Å². The minimum Gasteiger partial charge on any atom is -0.493 e. The van der Waals surface area contributed by atoms with Crippen LogP contribution in [0, 0.1) is 0 Å². The van der Waals surface area contributed by atoms with Crippen LogP contribution in [0.2, 0.25) is 0 Å². The Balaban J connectivity index is 1.52. The molecule has 2 N–H and O–H groups in total. The number of nitrogens with one attached hydrogen (secondary N) is 2. The van der Waals surface area contributed by atoms with Crippen LogP contribution in [0.15, 0.2) is 48.2 Å². The van der Waals surface area contributed by atoms with Crippen molar-refractivity contribution < 1.29 is 14.3 Å². The molecule has 1 aliphatic heterocycles. The summed E-state index contributed by atoms with van der Waals surface area (Å²) < 4.78 is 10.9. The van der Waals surface area contributed by atoms with Gasteiger partial charge in [-0.25, -0.2) is 0 Å². The van der Waals surface area contributed by atoms with Crippen molar-refractivity contribution in [2.24, 2.45) is 0 Å². The van der Waals surface area contributed by atoms with E-state index < -0.39 is 0 Å². The normalized spacial score (nSPS) is 12.6. The first-order chi connectivity index (χ1) is 12.7. The van der Waals surface area contributed by atoms with Crippen molar-refractivity contribution in [1.82, 2.24) is 20.2 Å². The number of hydrogen-bond donors (Lipinski definition) is 2. The first kappa shape index (κ1) is 15.8. The van der Waals surface area contributed by atoms with Crippen LogP contribution in [0.5, 0.6) is 11.5 Å². The van der Waals surface area contributed by atoms with Gasteiger partial charge in [-0.3, -0.25) is 20.2 Å². The van der Waals surface area contributed by atoms with Gasteiger partial charge in [0.25, 0.3) is 5.91 Å². The third-order valence-electron chi connectivity index (χ3n) is 3.84. The molecule has 1 amide bonds. The maximum atomic E-state index is 12.5. The number of ether oxygens (including phenoxy) is 2. The van der Waals surface area contributed by atoms with Crippen molar-refractivity contribution in [3.8, 4) is 23.0 Å². The van der Waals surface area contributed by atoms with E-state index in [0.717, 1.165) is 5.56 Å². The van der Waals surface area contributed by atoms with Gasteiger partial charge in [0.15, 0.2) is 17.3 Å². The van der Waals surface area contributed by atoms with Crippen molar-refractivity contribution in [3.63, 3.8) is 0 Å². The molecule has 0 unspecified atom stereocenters. The Morgan fingerprint density at radius 3 is 3.00 bits per heavy atom. The van der Waals surface area contributed by atoms with Gasteiger partial charge in [0.05, 0.1) is 12.7 Å². The molecule has 0 atom stereocenters. The van der Waals surface area contributed by atoms with Crippen LogP contribution in [-0.4, -0.2) is 39.8 Å². The lowest BCUT2D eigenvalue weighted by atomic mass is 10.1. The van der Waals surface area contributed by atoms with Crippen LogP contribution < -0.4 is 14.8 Å². The molecule has 8 heteroatoms. The number of para-hydroxylation sites is 1. The summed E-state index contributed by atoms with van der Waals surface area (Å²) in [4.78, 5) is 20.9. The molecule has 8 nitrogen and oxygen atoms in total. The van der Waals surface area contributed by atoms with Crippen LogP contribution in [0.25, 0.3) is 17.6 Å². The number of aromatic amines is 1. The third-order valence-corrected chi connectivity index (χ3v) is 3.84. The van der Waals surface area contributed by atoms with Crippen LogP contribution in [0.4, 0.5) is 5.95 Å². The Morgan fingerprint density at radius 2 is 2.19 bits per heavy atom. The van der Waals surface area contributed by atoms with Gasteiger partial charge in [0.2, 0.25) is 5.95 Å². The molecule has 1 aliphatic rings. The zero-order valence-electron chi connectivity index (χ0n) is 13.9. The van der Waals surface area contributed by atoms with E-state index in [1.54, 1.807) is 25.4 Å². The van der Waals surface area contributed by atoms with Gasteiger partial charge in [-0.15, -0.1) is 5.10 Å². The fraction of sp³-hybridized carbons (Fsp3) is 0.111. The Hall–Kier alpha value is -3.68. The Morgan fingerprint density at radius 1 is 1.27 bits per heavy atom. The standard InChI is InChI=1S/C18H15N5O3/c1-25-14-7-4-5-11-9-12(10-26-15(11)14)17(24)21-18-20-16(22-23-18)13-6-2-3-8-19-13/h2-9H,10H2,1H3,(H2,20,21,22,23,24). The number of carbonyl (C=O) groups is 1. The number of hydrogen-bond acceptors (Lipinski definition) is 6. The molecule has 26 heavy (non-hydrogen) atoms. The lowest BCUT2D eigenvalue weighted by Gasteiger charge is -2.19. The molecule has 0 aliphatic carbocycles. The topological polar surface area (TPSA) is 102 Å². The number of benzene rings is 1. The zero-order valence-corrected chi connectivity index (χ0v) is 13.9. The molecule has 3 aromatic rings. The molecule has 0 radical (unpaired) electrons. The second-order valence-corrected chi connectivity index (χ2v) is 5.51. The van der Waals surface area contributed by atoms with Crippen molar-refractivity contribution in [2.75, 3.05) is 19.0 Å². The monoisotopic (exact) mass is 349 g/mol. The number of nitrogens with zero attached hydrogens (tertiary/aromatic N) is 3. The Labute approximate surface area is 148 Å². The fourth-order valence-corrected chi connectivity index (χ4v) is 2.59. The number of fused-ring (bicyclic) bond motifs is 1. The average molecular weight is 349 g/mol. The molecular formula is C18H15N5O3. The predicted molar refractivity (Wildman–Crippen MR) is 94.7 cm³/mol. The number of pyridine rings is 1. The van der Waals surface area contributed by atoms with E-state index in [1.807, 2.05) is 30.3 Å². The van der Waals surface area contributed by atoms with E-state index in [9.17, 15) is 4.79 Å². The molecule has 1 aromatic carbocycles. The smallest absolute Gasteiger partial charge is 0.257 e. The largest absolute Gasteiger partial charge is 0.493 e. The van der Waals surface area contributed by atoms with Gasteiger partial charge in [-0.2, -0.15) is 4.98 Å². The van der Waals surface area contributed by atoms with Crippen molar-refractivity contribution in [1.29, 1.82) is 0 Å². The summed E-state index contributed by atoms with van der Waals surface area (Å²) in [5.74, 6) is 1.58. The summed E-state index contributed by atoms with van der Waals surface area (Å²) in [6, 6.07) is 11.0. The molecule has 3 heterocycles. The summed E-state index contributed by atoms with van der Waals surface area (Å²) >= 11 is 0. The second kappa shape index (κ2) is 6.67. The number of anilines is 1. The molecular weight excluding hydrogens is 334 g/mol. The first-order valence-corrected chi connectivity index (χ1v) is 7.90. The fourth-order valence-electron chi connectivity index (χ4n) is 2.59. The highest BCUT2D eigenvalue weighted by atomic mass is 16.5.